The molecule has 6 amide bonds. The standard InChI is InChI=1S/C21H28N4O5/c1-3-8-23-19(28)20(29)25(21(23)30)11-17(26)22-14-7-4-12(2)24(10-14)18(27)16-9-15(16)13-5-6-13/h3,12-16H,1,4-11H2,2H3,(H,22,26)/t12-,14-,15+,16-/m1/s1. The molecule has 2 aliphatic carbocycles. The van der Waals surface area contributed by atoms with E-state index < -0.39 is 30.3 Å². The van der Waals surface area contributed by atoms with Gasteiger partial charge in [0, 0.05) is 31.1 Å². The number of nitrogens with one attached hydrogen (secondary N) is 1. The summed E-state index contributed by atoms with van der Waals surface area (Å²) in [6.07, 6.45) is 6.31. The average molecular weight is 416 g/mol. The van der Waals surface area contributed by atoms with E-state index in [1.165, 1.54) is 18.9 Å². The highest BCUT2D eigenvalue weighted by molar-refractivity contribution is 6.45. The van der Waals surface area contributed by atoms with Crippen LogP contribution < -0.4 is 5.32 Å². The molecule has 2 heterocycles. The van der Waals surface area contributed by atoms with Gasteiger partial charge in [-0.15, -0.1) is 6.58 Å². The highest BCUT2D eigenvalue weighted by Gasteiger charge is 2.53. The Hall–Kier alpha value is -2.71. The van der Waals surface area contributed by atoms with Crippen LogP contribution in [0.5, 0.6) is 0 Å². The van der Waals surface area contributed by atoms with Crippen molar-refractivity contribution < 1.29 is 24.0 Å². The Kier molecular flexibility index (Phi) is 5.38. The van der Waals surface area contributed by atoms with Gasteiger partial charge in [-0.05, 0) is 50.9 Å². The van der Waals surface area contributed by atoms with Gasteiger partial charge in [0.2, 0.25) is 11.8 Å². The molecule has 9 nitrogen and oxygen atoms in total. The van der Waals surface area contributed by atoms with E-state index >= 15 is 0 Å². The predicted octanol–water partition coefficient (Wildman–Crippen LogP) is 0.505. The summed E-state index contributed by atoms with van der Waals surface area (Å²) in [5, 5.41) is 2.83. The van der Waals surface area contributed by atoms with Crippen LogP contribution in [0.15, 0.2) is 12.7 Å². The number of rotatable bonds is 7. The van der Waals surface area contributed by atoms with Gasteiger partial charge >= 0.3 is 17.8 Å². The summed E-state index contributed by atoms with van der Waals surface area (Å²) in [6, 6.07) is -0.907. The van der Waals surface area contributed by atoms with Gasteiger partial charge < -0.3 is 10.2 Å². The normalized spacial score (nSPS) is 31.2. The van der Waals surface area contributed by atoms with Crippen molar-refractivity contribution in [3.63, 3.8) is 0 Å². The van der Waals surface area contributed by atoms with Crippen molar-refractivity contribution in [3.8, 4) is 0 Å². The van der Waals surface area contributed by atoms with Crippen molar-refractivity contribution >= 4 is 29.7 Å². The number of likely N-dealkylation sites (tertiary alicyclic amines) is 1. The lowest BCUT2D eigenvalue weighted by Crippen LogP contribution is -2.55. The number of hydrogen-bond acceptors (Lipinski definition) is 5. The van der Waals surface area contributed by atoms with Crippen LogP contribution in [-0.2, 0) is 19.2 Å². The first-order valence-corrected chi connectivity index (χ1v) is 10.7. The molecule has 2 saturated carbocycles. The molecule has 4 atom stereocenters. The zero-order valence-corrected chi connectivity index (χ0v) is 17.2. The zero-order chi connectivity index (χ0) is 21.6. The maximum absolute atomic E-state index is 12.9. The maximum Gasteiger partial charge on any atom is 0.335 e. The molecule has 0 radical (unpaired) electrons. The molecule has 9 heteroatoms. The summed E-state index contributed by atoms with van der Waals surface area (Å²) < 4.78 is 0. The number of imide groups is 2. The van der Waals surface area contributed by atoms with Crippen LogP contribution >= 0.6 is 0 Å². The lowest BCUT2D eigenvalue weighted by molar-refractivity contribution is -0.144. The Labute approximate surface area is 175 Å². The second-order valence-corrected chi connectivity index (χ2v) is 8.90. The molecule has 162 valence electrons. The number of amides is 6. The third-order valence-electron chi connectivity index (χ3n) is 6.66. The van der Waals surface area contributed by atoms with E-state index in [2.05, 4.69) is 11.9 Å². The van der Waals surface area contributed by atoms with Gasteiger partial charge in [0.25, 0.3) is 0 Å². The van der Waals surface area contributed by atoms with Crippen LogP contribution in [0.2, 0.25) is 0 Å². The minimum absolute atomic E-state index is 0.0812. The third-order valence-corrected chi connectivity index (χ3v) is 6.66. The lowest BCUT2D eigenvalue weighted by atomic mass is 9.98. The van der Waals surface area contributed by atoms with E-state index in [0.29, 0.717) is 17.4 Å². The fourth-order valence-corrected chi connectivity index (χ4v) is 4.69. The molecule has 0 aromatic rings. The third kappa shape index (κ3) is 3.85. The smallest absolute Gasteiger partial charge is 0.335 e. The summed E-state index contributed by atoms with van der Waals surface area (Å²) in [4.78, 5) is 64.8. The Balaban J connectivity index is 1.31. The quantitative estimate of drug-likeness (QED) is 0.370. The molecule has 4 rings (SSSR count). The van der Waals surface area contributed by atoms with E-state index in [-0.39, 0.29) is 30.5 Å². The molecule has 0 aromatic heterocycles. The molecule has 4 fully saturated rings. The average Bonchev–Trinajstić information content (AvgIpc) is 3.61. The molecule has 30 heavy (non-hydrogen) atoms. The predicted molar refractivity (Wildman–Crippen MR) is 106 cm³/mol. The van der Waals surface area contributed by atoms with Gasteiger partial charge in [-0.25, -0.2) is 9.69 Å². The monoisotopic (exact) mass is 416 g/mol. The van der Waals surface area contributed by atoms with Gasteiger partial charge in [0.1, 0.15) is 6.54 Å². The number of hydrogen-bond donors (Lipinski definition) is 1. The summed E-state index contributed by atoms with van der Waals surface area (Å²) in [6.45, 7) is 5.33. The molecule has 0 aromatic carbocycles. The van der Waals surface area contributed by atoms with Crippen LogP contribution in [0.4, 0.5) is 4.79 Å². The zero-order valence-electron chi connectivity index (χ0n) is 17.2. The van der Waals surface area contributed by atoms with Gasteiger partial charge in [-0.1, -0.05) is 6.08 Å². The molecule has 0 bridgehead atoms. The Morgan fingerprint density at radius 1 is 1.10 bits per heavy atom. The van der Waals surface area contributed by atoms with E-state index in [1.807, 2.05) is 11.8 Å². The fourth-order valence-electron chi connectivity index (χ4n) is 4.69. The van der Waals surface area contributed by atoms with Crippen LogP contribution in [-0.4, -0.2) is 76.1 Å². The van der Waals surface area contributed by atoms with Gasteiger partial charge in [0.15, 0.2) is 0 Å². The number of piperidine rings is 1. The number of carbonyl (C=O) groups is 5. The maximum atomic E-state index is 12.9. The first kappa shape index (κ1) is 20.6. The van der Waals surface area contributed by atoms with Crippen molar-refractivity contribution in [2.75, 3.05) is 19.6 Å². The highest BCUT2D eigenvalue weighted by atomic mass is 16.2. The molecule has 4 aliphatic rings. The molecular weight excluding hydrogens is 388 g/mol. The van der Waals surface area contributed by atoms with E-state index in [0.717, 1.165) is 30.1 Å². The second kappa shape index (κ2) is 7.85. The summed E-state index contributed by atoms with van der Waals surface area (Å²) in [5.41, 5.74) is 0. The summed E-state index contributed by atoms with van der Waals surface area (Å²) in [5.74, 6) is -0.878. The van der Waals surface area contributed by atoms with Crippen LogP contribution in [0, 0.1) is 17.8 Å². The molecule has 1 N–H and O–H groups in total. The van der Waals surface area contributed by atoms with Gasteiger partial charge in [0.05, 0.1) is 0 Å². The molecule has 0 spiro atoms. The minimum Gasteiger partial charge on any atom is -0.350 e. The van der Waals surface area contributed by atoms with Crippen molar-refractivity contribution in [1.82, 2.24) is 20.0 Å². The van der Waals surface area contributed by atoms with Crippen molar-refractivity contribution in [2.45, 2.75) is 51.1 Å². The van der Waals surface area contributed by atoms with Gasteiger partial charge in [-0.3, -0.25) is 24.1 Å². The van der Waals surface area contributed by atoms with E-state index in [4.69, 9.17) is 0 Å². The molecular formula is C21H28N4O5. The molecule has 0 unspecified atom stereocenters. The SMILES string of the molecule is C=CCN1C(=O)C(=O)N(CC(=O)N[C@@H]2CC[C@@H](C)N(C(=O)[C@@H]3C[C@H]3C3CC3)C2)C1=O. The summed E-state index contributed by atoms with van der Waals surface area (Å²) in [7, 11) is 0. The molecule has 2 saturated heterocycles. The number of urea groups is 1. The van der Waals surface area contributed by atoms with Gasteiger partial charge in [-0.2, -0.15) is 0 Å². The van der Waals surface area contributed by atoms with E-state index in [9.17, 15) is 24.0 Å². The lowest BCUT2D eigenvalue weighted by Gasteiger charge is -2.38. The van der Waals surface area contributed by atoms with Crippen molar-refractivity contribution in [1.29, 1.82) is 0 Å². The van der Waals surface area contributed by atoms with Crippen molar-refractivity contribution in [3.05, 3.63) is 12.7 Å². The number of carbonyl (C=O) groups excluding carboxylic acids is 5. The highest BCUT2D eigenvalue weighted by Crippen LogP contribution is 2.55. The van der Waals surface area contributed by atoms with Crippen LogP contribution in [0.3, 0.4) is 0 Å². The van der Waals surface area contributed by atoms with Crippen LogP contribution in [0.1, 0.15) is 39.0 Å². The first-order valence-electron chi connectivity index (χ1n) is 10.7. The van der Waals surface area contributed by atoms with Crippen molar-refractivity contribution in [2.24, 2.45) is 17.8 Å². The molecule has 2 aliphatic heterocycles. The minimum atomic E-state index is -1.01. The number of nitrogens with zero attached hydrogens (tertiary/aromatic N) is 3. The Bertz CT molecular complexity index is 807. The largest absolute Gasteiger partial charge is 0.350 e. The second-order valence-electron chi connectivity index (χ2n) is 8.90. The Morgan fingerprint density at radius 3 is 2.47 bits per heavy atom. The summed E-state index contributed by atoms with van der Waals surface area (Å²) >= 11 is 0. The fraction of sp³-hybridized carbons (Fsp3) is 0.667. The topological polar surface area (TPSA) is 107 Å². The van der Waals surface area contributed by atoms with E-state index in [1.54, 1.807) is 0 Å². The first-order chi connectivity index (χ1) is 14.3. The Morgan fingerprint density at radius 2 is 1.80 bits per heavy atom. The van der Waals surface area contributed by atoms with Crippen LogP contribution in [0.25, 0.3) is 0 Å².